The first-order valence-corrected chi connectivity index (χ1v) is 5.76. The van der Waals surface area contributed by atoms with Crippen LogP contribution >= 0.6 is 15.9 Å². The fraction of sp³-hybridized carbons (Fsp3) is 0. The zero-order chi connectivity index (χ0) is 12.3. The summed E-state index contributed by atoms with van der Waals surface area (Å²) >= 11 is 3.52. The second-order valence-corrected chi connectivity index (χ2v) is 4.35. The van der Waals surface area contributed by atoms with Gasteiger partial charge in [0.05, 0.1) is 6.21 Å². The molecule has 0 aliphatic rings. The van der Waals surface area contributed by atoms with Crippen molar-refractivity contribution in [1.29, 1.82) is 0 Å². The van der Waals surface area contributed by atoms with Gasteiger partial charge in [-0.15, -0.1) is 5.10 Å². The van der Waals surface area contributed by atoms with Crippen LogP contribution in [0.15, 0.2) is 51.1 Å². The molecule has 0 spiro atoms. The second kappa shape index (κ2) is 4.97. The summed E-state index contributed by atoms with van der Waals surface area (Å²) in [6, 6.07) is 12.1. The monoisotopic (exact) mass is 290 g/mol. The van der Waals surface area contributed by atoms with Crippen LogP contribution in [0.5, 0.6) is 0 Å². The largest absolute Gasteiger partial charge is 0.369 e. The number of fused-ring (bicyclic) bond motifs is 1. The standard InChI is InChI=1S/C12H11BrN4/c13-11-6-8(7-16-17-12(14)15)5-9-3-1-2-4-10(9)11/h1-7H,(H4,14,15,17). The van der Waals surface area contributed by atoms with Crippen LogP contribution in [0.4, 0.5) is 0 Å². The molecule has 0 saturated carbocycles. The van der Waals surface area contributed by atoms with E-state index in [1.807, 2.05) is 30.3 Å². The van der Waals surface area contributed by atoms with Crippen molar-refractivity contribution in [2.24, 2.45) is 21.7 Å². The van der Waals surface area contributed by atoms with E-state index >= 15 is 0 Å². The van der Waals surface area contributed by atoms with E-state index in [2.05, 4.69) is 32.2 Å². The average molecular weight is 291 g/mol. The molecule has 0 fully saturated rings. The highest BCUT2D eigenvalue weighted by Gasteiger charge is 1.99. The topological polar surface area (TPSA) is 76.8 Å². The van der Waals surface area contributed by atoms with Crippen LogP contribution in [0.1, 0.15) is 5.56 Å². The number of nitrogens with two attached hydrogens (primary N) is 2. The molecular weight excluding hydrogens is 280 g/mol. The molecule has 0 heterocycles. The minimum absolute atomic E-state index is 0.0545. The van der Waals surface area contributed by atoms with E-state index in [0.717, 1.165) is 20.8 Å². The zero-order valence-corrected chi connectivity index (χ0v) is 10.6. The van der Waals surface area contributed by atoms with E-state index in [1.54, 1.807) is 6.21 Å². The SMILES string of the molecule is NC(N)=NN=Cc1cc(Br)c2ccccc2c1. The van der Waals surface area contributed by atoms with Crippen molar-refractivity contribution in [3.05, 3.63) is 46.4 Å². The number of nitrogens with zero attached hydrogens (tertiary/aromatic N) is 2. The molecule has 4 N–H and O–H groups in total. The first kappa shape index (κ1) is 11.6. The van der Waals surface area contributed by atoms with Gasteiger partial charge in [-0.3, -0.25) is 0 Å². The van der Waals surface area contributed by atoms with Gasteiger partial charge in [0.25, 0.3) is 0 Å². The summed E-state index contributed by atoms with van der Waals surface area (Å²) in [6.45, 7) is 0. The second-order valence-electron chi connectivity index (χ2n) is 3.49. The molecule has 0 aromatic heterocycles. The van der Waals surface area contributed by atoms with Gasteiger partial charge in [-0.05, 0) is 28.5 Å². The first-order valence-electron chi connectivity index (χ1n) is 4.97. The van der Waals surface area contributed by atoms with Gasteiger partial charge in [-0.25, -0.2) is 0 Å². The number of guanidine groups is 1. The lowest BCUT2D eigenvalue weighted by Crippen LogP contribution is -2.21. The summed E-state index contributed by atoms with van der Waals surface area (Å²) in [5.74, 6) is -0.0545. The summed E-state index contributed by atoms with van der Waals surface area (Å²) in [7, 11) is 0. The van der Waals surface area contributed by atoms with Gasteiger partial charge >= 0.3 is 0 Å². The van der Waals surface area contributed by atoms with Gasteiger partial charge in [0.1, 0.15) is 0 Å². The molecule has 0 unspecified atom stereocenters. The number of halogens is 1. The third-order valence-corrected chi connectivity index (χ3v) is 2.87. The van der Waals surface area contributed by atoms with E-state index in [1.165, 1.54) is 0 Å². The van der Waals surface area contributed by atoms with Crippen LogP contribution in [0.2, 0.25) is 0 Å². The van der Waals surface area contributed by atoms with Crippen LogP contribution in [0, 0.1) is 0 Å². The molecule has 17 heavy (non-hydrogen) atoms. The number of benzene rings is 2. The van der Waals surface area contributed by atoms with E-state index in [4.69, 9.17) is 11.5 Å². The van der Waals surface area contributed by atoms with E-state index in [9.17, 15) is 0 Å². The Hall–Kier alpha value is -1.88. The van der Waals surface area contributed by atoms with Crippen LogP contribution in [-0.2, 0) is 0 Å². The van der Waals surface area contributed by atoms with Gasteiger partial charge in [0, 0.05) is 4.47 Å². The van der Waals surface area contributed by atoms with Crippen LogP contribution < -0.4 is 11.5 Å². The molecule has 2 aromatic rings. The highest BCUT2D eigenvalue weighted by Crippen LogP contribution is 2.24. The molecule has 0 saturated heterocycles. The summed E-state index contributed by atoms with van der Waals surface area (Å²) < 4.78 is 1.02. The quantitative estimate of drug-likeness (QED) is 0.505. The van der Waals surface area contributed by atoms with Gasteiger partial charge in [0.15, 0.2) is 0 Å². The van der Waals surface area contributed by atoms with Crippen molar-refractivity contribution >= 4 is 38.9 Å². The lowest BCUT2D eigenvalue weighted by atomic mass is 10.1. The maximum atomic E-state index is 5.18. The van der Waals surface area contributed by atoms with Gasteiger partial charge in [-0.1, -0.05) is 40.2 Å². The molecule has 0 atom stereocenters. The first-order chi connectivity index (χ1) is 8.16. The van der Waals surface area contributed by atoms with Gasteiger partial charge < -0.3 is 11.5 Å². The van der Waals surface area contributed by atoms with Crippen LogP contribution in [0.25, 0.3) is 10.8 Å². The summed E-state index contributed by atoms with van der Waals surface area (Å²) in [5, 5.41) is 9.63. The minimum atomic E-state index is -0.0545. The highest BCUT2D eigenvalue weighted by molar-refractivity contribution is 9.10. The lowest BCUT2D eigenvalue weighted by molar-refractivity contribution is 1.21. The summed E-state index contributed by atoms with van der Waals surface area (Å²) in [6.07, 6.45) is 1.61. The maximum Gasteiger partial charge on any atom is 0.211 e. The Morgan fingerprint density at radius 2 is 1.94 bits per heavy atom. The molecule has 0 amide bonds. The van der Waals surface area contributed by atoms with Crippen molar-refractivity contribution in [1.82, 2.24) is 0 Å². The fourth-order valence-corrected chi connectivity index (χ4v) is 2.15. The molecule has 2 rings (SSSR count). The van der Waals surface area contributed by atoms with E-state index < -0.39 is 0 Å². The predicted molar refractivity (Wildman–Crippen MR) is 75.1 cm³/mol. The normalized spacial score (nSPS) is 10.9. The molecule has 4 nitrogen and oxygen atoms in total. The van der Waals surface area contributed by atoms with Crippen LogP contribution in [-0.4, -0.2) is 12.2 Å². The predicted octanol–water partition coefficient (Wildman–Crippen LogP) is 2.21. The summed E-state index contributed by atoms with van der Waals surface area (Å²) in [5.41, 5.74) is 11.3. The van der Waals surface area contributed by atoms with Crippen molar-refractivity contribution in [3.63, 3.8) is 0 Å². The van der Waals surface area contributed by atoms with E-state index in [0.29, 0.717) is 0 Å². The van der Waals surface area contributed by atoms with Crippen molar-refractivity contribution in [3.8, 4) is 0 Å². The molecule has 5 heteroatoms. The average Bonchev–Trinajstić information content (AvgIpc) is 2.28. The third kappa shape index (κ3) is 2.82. The Balaban J connectivity index is 2.43. The van der Waals surface area contributed by atoms with Gasteiger partial charge in [0.2, 0.25) is 5.96 Å². The zero-order valence-electron chi connectivity index (χ0n) is 8.97. The number of hydrogen-bond acceptors (Lipinski definition) is 2. The Kier molecular flexibility index (Phi) is 3.39. The van der Waals surface area contributed by atoms with Gasteiger partial charge in [-0.2, -0.15) is 5.10 Å². The number of rotatable bonds is 2. The maximum absolute atomic E-state index is 5.18. The number of hydrogen-bond donors (Lipinski definition) is 2. The third-order valence-electron chi connectivity index (χ3n) is 2.21. The van der Waals surface area contributed by atoms with Crippen molar-refractivity contribution in [2.45, 2.75) is 0 Å². The minimum Gasteiger partial charge on any atom is -0.369 e. The Labute approximate surface area is 107 Å². The lowest BCUT2D eigenvalue weighted by Gasteiger charge is -2.01. The fourth-order valence-electron chi connectivity index (χ4n) is 1.52. The molecule has 0 aliphatic carbocycles. The molecule has 0 radical (unpaired) electrons. The van der Waals surface area contributed by atoms with Crippen LogP contribution in [0.3, 0.4) is 0 Å². The smallest absolute Gasteiger partial charge is 0.211 e. The summed E-state index contributed by atoms with van der Waals surface area (Å²) in [4.78, 5) is 0. The van der Waals surface area contributed by atoms with Crippen molar-refractivity contribution < 1.29 is 0 Å². The molecule has 86 valence electrons. The Morgan fingerprint density at radius 3 is 2.71 bits per heavy atom. The molecule has 0 aliphatic heterocycles. The highest BCUT2D eigenvalue weighted by atomic mass is 79.9. The Morgan fingerprint density at radius 1 is 1.18 bits per heavy atom. The molecular formula is C12H11BrN4. The Bertz CT molecular complexity index is 600. The molecule has 0 bridgehead atoms. The molecule has 2 aromatic carbocycles. The van der Waals surface area contributed by atoms with Crippen molar-refractivity contribution in [2.75, 3.05) is 0 Å². The van der Waals surface area contributed by atoms with E-state index in [-0.39, 0.29) is 5.96 Å².